The molecule has 0 saturated carbocycles. The van der Waals surface area contributed by atoms with Crippen molar-refractivity contribution >= 4 is 0 Å². The van der Waals surface area contributed by atoms with Gasteiger partial charge >= 0.3 is 0 Å². The molecule has 0 aliphatic heterocycles. The normalized spacial score (nSPS) is 13.1. The van der Waals surface area contributed by atoms with Gasteiger partial charge in [-0.25, -0.2) is 0 Å². The molecule has 0 aliphatic carbocycles. The molecule has 3 heteroatoms. The standard InChI is InChI=1S/C13H23N3/c1-4-5-11(2)16(3)10-13-7-6-12(8-14)9-15-13/h6-7,9,11H,4-5,8,10,14H2,1-3H3. The maximum absolute atomic E-state index is 5.54. The van der Waals surface area contributed by atoms with Crippen LogP contribution in [0.25, 0.3) is 0 Å². The van der Waals surface area contributed by atoms with Crippen LogP contribution < -0.4 is 5.73 Å². The third-order valence-corrected chi connectivity index (χ3v) is 2.99. The lowest BCUT2D eigenvalue weighted by molar-refractivity contribution is 0.234. The van der Waals surface area contributed by atoms with Gasteiger partial charge in [0.15, 0.2) is 0 Å². The summed E-state index contributed by atoms with van der Waals surface area (Å²) >= 11 is 0. The van der Waals surface area contributed by atoms with E-state index in [9.17, 15) is 0 Å². The number of rotatable bonds is 6. The summed E-state index contributed by atoms with van der Waals surface area (Å²) in [5.41, 5.74) is 7.74. The number of hydrogen-bond acceptors (Lipinski definition) is 3. The zero-order valence-electron chi connectivity index (χ0n) is 10.6. The summed E-state index contributed by atoms with van der Waals surface area (Å²) in [7, 11) is 2.15. The molecule has 2 N–H and O–H groups in total. The minimum Gasteiger partial charge on any atom is -0.326 e. The number of pyridine rings is 1. The molecule has 0 fully saturated rings. The highest BCUT2D eigenvalue weighted by molar-refractivity contribution is 5.13. The van der Waals surface area contributed by atoms with Gasteiger partial charge in [0.2, 0.25) is 0 Å². The first-order chi connectivity index (χ1) is 7.67. The van der Waals surface area contributed by atoms with Gasteiger partial charge in [-0.3, -0.25) is 9.88 Å². The molecule has 0 spiro atoms. The van der Waals surface area contributed by atoms with Crippen LogP contribution in [0.1, 0.15) is 37.9 Å². The summed E-state index contributed by atoms with van der Waals surface area (Å²) in [5.74, 6) is 0. The van der Waals surface area contributed by atoms with Gasteiger partial charge in [-0.1, -0.05) is 19.4 Å². The lowest BCUT2D eigenvalue weighted by Crippen LogP contribution is -2.28. The van der Waals surface area contributed by atoms with Gasteiger partial charge in [-0.05, 0) is 32.0 Å². The molecule has 1 atom stereocenters. The van der Waals surface area contributed by atoms with Crippen molar-refractivity contribution in [3.8, 4) is 0 Å². The third kappa shape index (κ3) is 3.91. The van der Waals surface area contributed by atoms with E-state index in [1.165, 1.54) is 12.8 Å². The summed E-state index contributed by atoms with van der Waals surface area (Å²) in [5, 5.41) is 0. The quantitative estimate of drug-likeness (QED) is 0.800. The molecule has 1 heterocycles. The lowest BCUT2D eigenvalue weighted by atomic mass is 10.1. The summed E-state index contributed by atoms with van der Waals surface area (Å²) in [4.78, 5) is 6.75. The Hall–Kier alpha value is -0.930. The largest absolute Gasteiger partial charge is 0.326 e. The molecule has 1 unspecified atom stereocenters. The Bertz CT molecular complexity index is 295. The van der Waals surface area contributed by atoms with Gasteiger partial charge in [-0.2, -0.15) is 0 Å². The van der Waals surface area contributed by atoms with Crippen molar-refractivity contribution in [3.63, 3.8) is 0 Å². The zero-order chi connectivity index (χ0) is 12.0. The highest BCUT2D eigenvalue weighted by Gasteiger charge is 2.08. The number of aromatic nitrogens is 1. The van der Waals surface area contributed by atoms with E-state index in [0.29, 0.717) is 12.6 Å². The van der Waals surface area contributed by atoms with Gasteiger partial charge in [0.1, 0.15) is 0 Å². The van der Waals surface area contributed by atoms with E-state index >= 15 is 0 Å². The minimum absolute atomic E-state index is 0.565. The van der Waals surface area contributed by atoms with Crippen LogP contribution in [-0.2, 0) is 13.1 Å². The Morgan fingerprint density at radius 1 is 1.44 bits per heavy atom. The fourth-order valence-electron chi connectivity index (χ4n) is 1.72. The molecule has 1 aromatic rings. The monoisotopic (exact) mass is 221 g/mol. The van der Waals surface area contributed by atoms with Crippen LogP contribution in [0.3, 0.4) is 0 Å². The van der Waals surface area contributed by atoms with Crippen molar-refractivity contribution in [2.75, 3.05) is 7.05 Å². The van der Waals surface area contributed by atoms with Crippen molar-refractivity contribution < 1.29 is 0 Å². The van der Waals surface area contributed by atoms with Gasteiger partial charge in [0.05, 0.1) is 5.69 Å². The maximum atomic E-state index is 5.54. The molecule has 16 heavy (non-hydrogen) atoms. The van der Waals surface area contributed by atoms with Crippen molar-refractivity contribution in [2.24, 2.45) is 5.73 Å². The predicted molar refractivity (Wildman–Crippen MR) is 68.0 cm³/mol. The summed E-state index contributed by atoms with van der Waals surface area (Å²) < 4.78 is 0. The predicted octanol–water partition coefficient (Wildman–Crippen LogP) is 2.16. The maximum Gasteiger partial charge on any atom is 0.0544 e. The van der Waals surface area contributed by atoms with Crippen LogP contribution in [0.2, 0.25) is 0 Å². The van der Waals surface area contributed by atoms with Crippen LogP contribution >= 0.6 is 0 Å². The Kier molecular flexibility index (Phi) is 5.43. The van der Waals surface area contributed by atoms with Crippen LogP contribution in [0, 0.1) is 0 Å². The first-order valence-corrected chi connectivity index (χ1v) is 6.01. The molecule has 1 aromatic heterocycles. The van der Waals surface area contributed by atoms with E-state index < -0.39 is 0 Å². The molecule has 90 valence electrons. The third-order valence-electron chi connectivity index (χ3n) is 2.99. The summed E-state index contributed by atoms with van der Waals surface area (Å²) in [6.07, 6.45) is 4.33. The average Bonchev–Trinajstić information content (AvgIpc) is 2.30. The second-order valence-electron chi connectivity index (χ2n) is 4.41. The van der Waals surface area contributed by atoms with Crippen LogP contribution in [-0.4, -0.2) is 23.0 Å². The van der Waals surface area contributed by atoms with Crippen molar-refractivity contribution in [1.29, 1.82) is 0 Å². The summed E-state index contributed by atoms with van der Waals surface area (Å²) in [6.45, 7) is 5.96. The van der Waals surface area contributed by atoms with E-state index in [4.69, 9.17) is 5.73 Å². The van der Waals surface area contributed by atoms with E-state index in [1.807, 2.05) is 6.20 Å². The Morgan fingerprint density at radius 2 is 2.19 bits per heavy atom. The lowest BCUT2D eigenvalue weighted by Gasteiger charge is -2.23. The molecule has 0 aromatic carbocycles. The molecule has 0 amide bonds. The van der Waals surface area contributed by atoms with E-state index in [0.717, 1.165) is 17.8 Å². The fraction of sp³-hybridized carbons (Fsp3) is 0.615. The van der Waals surface area contributed by atoms with Crippen LogP contribution in [0.15, 0.2) is 18.3 Å². The highest BCUT2D eigenvalue weighted by atomic mass is 15.1. The first-order valence-electron chi connectivity index (χ1n) is 6.01. The van der Waals surface area contributed by atoms with Gasteiger partial charge in [-0.15, -0.1) is 0 Å². The van der Waals surface area contributed by atoms with Gasteiger partial charge in [0, 0.05) is 25.3 Å². The average molecular weight is 221 g/mol. The molecular weight excluding hydrogens is 198 g/mol. The highest BCUT2D eigenvalue weighted by Crippen LogP contribution is 2.08. The van der Waals surface area contributed by atoms with Crippen LogP contribution in [0.5, 0.6) is 0 Å². The minimum atomic E-state index is 0.565. The number of hydrogen-bond donors (Lipinski definition) is 1. The first kappa shape index (κ1) is 13.1. The van der Waals surface area contributed by atoms with E-state index in [1.54, 1.807) is 0 Å². The molecule has 0 bridgehead atoms. The number of nitrogens with zero attached hydrogens (tertiary/aromatic N) is 2. The second kappa shape index (κ2) is 6.61. The van der Waals surface area contributed by atoms with Gasteiger partial charge < -0.3 is 5.73 Å². The Balaban J connectivity index is 2.52. The smallest absolute Gasteiger partial charge is 0.0544 e. The molecular formula is C13H23N3. The Labute approximate surface area is 98.7 Å². The van der Waals surface area contributed by atoms with Crippen molar-refractivity contribution in [3.05, 3.63) is 29.6 Å². The van der Waals surface area contributed by atoms with Gasteiger partial charge in [0.25, 0.3) is 0 Å². The Morgan fingerprint density at radius 3 is 2.69 bits per heavy atom. The fourth-order valence-corrected chi connectivity index (χ4v) is 1.72. The molecule has 1 rings (SSSR count). The summed E-state index contributed by atoms with van der Waals surface area (Å²) in [6, 6.07) is 4.74. The molecule has 3 nitrogen and oxygen atoms in total. The number of nitrogens with two attached hydrogens (primary N) is 1. The SMILES string of the molecule is CCCC(C)N(C)Cc1ccc(CN)cn1. The zero-order valence-corrected chi connectivity index (χ0v) is 10.6. The molecule has 0 radical (unpaired) electrons. The molecule has 0 aliphatic rings. The van der Waals surface area contributed by atoms with Crippen molar-refractivity contribution in [2.45, 2.75) is 45.8 Å². The van der Waals surface area contributed by atoms with E-state index in [2.05, 4.69) is 42.9 Å². The second-order valence-corrected chi connectivity index (χ2v) is 4.41. The molecule has 0 saturated heterocycles. The van der Waals surface area contributed by atoms with Crippen molar-refractivity contribution in [1.82, 2.24) is 9.88 Å². The van der Waals surface area contributed by atoms with Crippen LogP contribution in [0.4, 0.5) is 0 Å². The van der Waals surface area contributed by atoms with E-state index in [-0.39, 0.29) is 0 Å². The topological polar surface area (TPSA) is 42.1 Å².